The van der Waals surface area contributed by atoms with Gasteiger partial charge in [-0.15, -0.1) is 11.6 Å². The first-order valence-corrected chi connectivity index (χ1v) is 5.20. The Kier molecular flexibility index (Phi) is 2.51. The Labute approximate surface area is 77.6 Å². The van der Waals surface area contributed by atoms with Crippen molar-refractivity contribution in [3.8, 4) is 0 Å². The Bertz CT molecular complexity index is 102. The van der Waals surface area contributed by atoms with Crippen LogP contribution in [0, 0.1) is 11.8 Å². The van der Waals surface area contributed by atoms with Crippen molar-refractivity contribution < 1.29 is 0 Å². The molecule has 3 heteroatoms. The summed E-state index contributed by atoms with van der Waals surface area (Å²) in [6.45, 7) is 2.19. The van der Waals surface area contributed by atoms with E-state index in [1.54, 1.807) is 0 Å². The van der Waals surface area contributed by atoms with E-state index >= 15 is 0 Å². The zero-order chi connectivity index (χ0) is 7.07. The van der Waals surface area contributed by atoms with Crippen molar-refractivity contribution in [2.75, 3.05) is 5.88 Å². The highest BCUT2D eigenvalue weighted by Crippen LogP contribution is 2.63. The van der Waals surface area contributed by atoms with E-state index < -0.39 is 0 Å². The zero-order valence-electron chi connectivity index (χ0n) is 5.20. The van der Waals surface area contributed by atoms with Crippen LogP contribution >= 0.6 is 43.5 Å². The molecule has 0 aromatic rings. The highest BCUT2D eigenvalue weighted by atomic mass is 79.9. The number of hydrogen-bond donors (Lipinski definition) is 0. The molecular weight excluding hydrogens is 267 g/mol. The van der Waals surface area contributed by atoms with Crippen LogP contribution in [0.5, 0.6) is 0 Å². The van der Waals surface area contributed by atoms with Crippen LogP contribution in [0.3, 0.4) is 0 Å². The summed E-state index contributed by atoms with van der Waals surface area (Å²) in [5, 5.41) is 0. The predicted octanol–water partition coefficient (Wildman–Crippen LogP) is 3.37. The molecule has 0 bridgehead atoms. The van der Waals surface area contributed by atoms with Gasteiger partial charge in [0.2, 0.25) is 0 Å². The van der Waals surface area contributed by atoms with E-state index in [1.165, 1.54) is 6.42 Å². The van der Waals surface area contributed by atoms with Gasteiger partial charge >= 0.3 is 0 Å². The van der Waals surface area contributed by atoms with Crippen molar-refractivity contribution in [1.29, 1.82) is 0 Å². The highest BCUT2D eigenvalue weighted by Gasteiger charge is 2.59. The Balaban J connectivity index is 2.45. The van der Waals surface area contributed by atoms with Crippen molar-refractivity contribution in [3.63, 3.8) is 0 Å². The molecule has 1 fully saturated rings. The highest BCUT2D eigenvalue weighted by molar-refractivity contribution is 9.25. The van der Waals surface area contributed by atoms with E-state index in [2.05, 4.69) is 38.8 Å². The maximum Gasteiger partial charge on any atom is 0.0880 e. The first kappa shape index (κ1) is 8.35. The van der Waals surface area contributed by atoms with Crippen LogP contribution in [0.1, 0.15) is 13.3 Å². The van der Waals surface area contributed by atoms with Gasteiger partial charge in [-0.2, -0.15) is 0 Å². The molecule has 0 nitrogen and oxygen atoms in total. The van der Waals surface area contributed by atoms with Crippen LogP contribution in [-0.2, 0) is 0 Å². The van der Waals surface area contributed by atoms with E-state index in [9.17, 15) is 0 Å². The summed E-state index contributed by atoms with van der Waals surface area (Å²) in [5.41, 5.74) is 0. The fourth-order valence-electron chi connectivity index (χ4n) is 1.23. The molecule has 1 saturated carbocycles. The smallest absolute Gasteiger partial charge is 0.0880 e. The van der Waals surface area contributed by atoms with E-state index in [0.29, 0.717) is 5.92 Å². The SMILES string of the molecule is CCC1C(CCl)C1(Br)Br. The van der Waals surface area contributed by atoms with Gasteiger partial charge in [0, 0.05) is 11.8 Å². The first-order chi connectivity index (χ1) is 4.14. The lowest BCUT2D eigenvalue weighted by atomic mass is 10.3. The minimum absolute atomic E-state index is 0.177. The van der Waals surface area contributed by atoms with Gasteiger partial charge < -0.3 is 0 Å². The topological polar surface area (TPSA) is 0 Å². The molecule has 0 spiro atoms. The lowest BCUT2D eigenvalue weighted by molar-refractivity contribution is 0.727. The standard InChI is InChI=1S/C6H9Br2Cl/c1-2-4-5(3-9)6(4,7)8/h4-5H,2-3H2,1H3. The number of halogens is 3. The second kappa shape index (κ2) is 2.71. The number of alkyl halides is 3. The van der Waals surface area contributed by atoms with Crippen molar-refractivity contribution in [3.05, 3.63) is 0 Å². The molecule has 0 aromatic carbocycles. The molecule has 0 heterocycles. The summed E-state index contributed by atoms with van der Waals surface area (Å²) in [6, 6.07) is 0. The summed E-state index contributed by atoms with van der Waals surface area (Å²) in [6.07, 6.45) is 1.20. The summed E-state index contributed by atoms with van der Waals surface area (Å²) >= 11 is 12.8. The van der Waals surface area contributed by atoms with E-state index in [0.717, 1.165) is 11.8 Å². The Morgan fingerprint density at radius 2 is 2.00 bits per heavy atom. The van der Waals surface area contributed by atoms with Crippen molar-refractivity contribution in [2.45, 2.75) is 16.6 Å². The molecule has 1 aliphatic carbocycles. The van der Waals surface area contributed by atoms with Crippen molar-refractivity contribution >= 4 is 43.5 Å². The molecule has 0 saturated heterocycles. The molecule has 0 radical (unpaired) electrons. The van der Waals surface area contributed by atoms with Gasteiger partial charge in [-0.1, -0.05) is 45.2 Å². The van der Waals surface area contributed by atoms with Crippen LogP contribution in [0.4, 0.5) is 0 Å². The van der Waals surface area contributed by atoms with Crippen molar-refractivity contribution in [1.82, 2.24) is 0 Å². The normalized spacial score (nSPS) is 38.7. The van der Waals surface area contributed by atoms with Gasteiger partial charge in [0.1, 0.15) is 0 Å². The van der Waals surface area contributed by atoms with Gasteiger partial charge in [0.15, 0.2) is 0 Å². The molecule has 0 amide bonds. The van der Waals surface area contributed by atoms with Crippen molar-refractivity contribution in [2.24, 2.45) is 11.8 Å². The third-order valence-corrected chi connectivity index (χ3v) is 4.66. The third-order valence-electron chi connectivity index (χ3n) is 1.97. The maximum atomic E-state index is 5.70. The molecular formula is C6H9Br2Cl. The molecule has 9 heavy (non-hydrogen) atoms. The predicted molar refractivity (Wildman–Crippen MR) is 48.6 cm³/mol. The Morgan fingerprint density at radius 1 is 1.44 bits per heavy atom. The fraction of sp³-hybridized carbons (Fsp3) is 1.00. The molecule has 2 atom stereocenters. The van der Waals surface area contributed by atoms with Gasteiger partial charge in [-0.25, -0.2) is 0 Å². The van der Waals surface area contributed by atoms with E-state index in [1.807, 2.05) is 0 Å². The van der Waals surface area contributed by atoms with Crippen LogP contribution < -0.4 is 0 Å². The van der Waals surface area contributed by atoms with Gasteiger partial charge in [0.05, 0.1) is 3.23 Å². The Morgan fingerprint density at radius 3 is 2.11 bits per heavy atom. The molecule has 54 valence electrons. The van der Waals surface area contributed by atoms with Crippen LogP contribution in [0.2, 0.25) is 0 Å². The Hall–Kier alpha value is 1.25. The summed E-state index contributed by atoms with van der Waals surface area (Å²) < 4.78 is 0.177. The fourth-order valence-corrected chi connectivity index (χ4v) is 4.04. The van der Waals surface area contributed by atoms with Gasteiger partial charge in [-0.05, 0) is 5.92 Å². The third kappa shape index (κ3) is 1.31. The average Bonchev–Trinajstić information content (AvgIpc) is 2.32. The summed E-state index contributed by atoms with van der Waals surface area (Å²) in [4.78, 5) is 0. The van der Waals surface area contributed by atoms with Crippen LogP contribution in [0.25, 0.3) is 0 Å². The van der Waals surface area contributed by atoms with E-state index in [-0.39, 0.29) is 3.23 Å². The number of hydrogen-bond acceptors (Lipinski definition) is 0. The zero-order valence-corrected chi connectivity index (χ0v) is 9.13. The van der Waals surface area contributed by atoms with Gasteiger partial charge in [0.25, 0.3) is 0 Å². The van der Waals surface area contributed by atoms with E-state index in [4.69, 9.17) is 11.6 Å². The average molecular weight is 276 g/mol. The molecule has 1 rings (SSSR count). The second-order valence-corrected chi connectivity index (χ2v) is 6.45. The molecule has 0 aliphatic heterocycles. The molecule has 0 N–H and O–H groups in total. The molecule has 0 aromatic heterocycles. The summed E-state index contributed by atoms with van der Waals surface area (Å²) in [5.74, 6) is 2.12. The lowest BCUT2D eigenvalue weighted by Gasteiger charge is -1.92. The molecule has 1 aliphatic rings. The number of rotatable bonds is 2. The quantitative estimate of drug-likeness (QED) is 0.678. The minimum Gasteiger partial charge on any atom is -0.126 e. The first-order valence-electron chi connectivity index (χ1n) is 3.08. The minimum atomic E-state index is 0.177. The largest absolute Gasteiger partial charge is 0.126 e. The monoisotopic (exact) mass is 274 g/mol. The molecule has 2 unspecified atom stereocenters. The maximum absolute atomic E-state index is 5.70. The summed E-state index contributed by atoms with van der Waals surface area (Å²) in [7, 11) is 0. The van der Waals surface area contributed by atoms with Gasteiger partial charge in [-0.3, -0.25) is 0 Å². The second-order valence-electron chi connectivity index (χ2n) is 2.45. The van der Waals surface area contributed by atoms with Crippen LogP contribution in [0.15, 0.2) is 0 Å². The lowest BCUT2D eigenvalue weighted by Crippen LogP contribution is -1.88. The van der Waals surface area contributed by atoms with Crippen LogP contribution in [-0.4, -0.2) is 9.11 Å².